The highest BCUT2D eigenvalue weighted by Gasteiger charge is 2.44. The van der Waals surface area contributed by atoms with Crippen molar-refractivity contribution >= 4 is 45.6 Å². The van der Waals surface area contributed by atoms with Gasteiger partial charge in [0.25, 0.3) is 5.91 Å². The average molecular weight is 707 g/mol. The summed E-state index contributed by atoms with van der Waals surface area (Å²) >= 11 is 1.49. The molecule has 1 fully saturated rings. The minimum atomic E-state index is -1.17. The fourth-order valence-corrected chi connectivity index (χ4v) is 7.06. The highest BCUT2D eigenvalue weighted by molar-refractivity contribution is 7.99. The van der Waals surface area contributed by atoms with Crippen LogP contribution >= 0.6 is 11.8 Å². The normalized spacial score (nSPS) is 18.6. The molecule has 0 bridgehead atoms. The van der Waals surface area contributed by atoms with Crippen LogP contribution in [-0.4, -0.2) is 77.1 Å². The van der Waals surface area contributed by atoms with E-state index in [9.17, 15) is 24.9 Å². The Bertz CT molecular complexity index is 2350. The SMILES string of the molecule is Cc1cc(C(=O)NCCCC#CCSC[C@H]2O[C@@H](n3cnc4c(N)ncnc43)C(O)C2O)ccc1-c1c2ccc(=O)cc-2oc2cc(O)ccc12. The van der Waals surface area contributed by atoms with Gasteiger partial charge in [-0.3, -0.25) is 14.2 Å². The summed E-state index contributed by atoms with van der Waals surface area (Å²) in [6.45, 7) is 2.39. The number of nitrogens with one attached hydrogen (secondary N) is 1. The minimum absolute atomic E-state index is 0.0543. The summed E-state index contributed by atoms with van der Waals surface area (Å²) in [5.41, 5.74) is 10.8. The van der Waals surface area contributed by atoms with E-state index in [0.717, 1.165) is 27.6 Å². The lowest BCUT2D eigenvalue weighted by molar-refractivity contribution is -0.0288. The van der Waals surface area contributed by atoms with E-state index in [1.54, 1.807) is 28.8 Å². The molecule has 1 aliphatic carbocycles. The Labute approximate surface area is 295 Å². The van der Waals surface area contributed by atoms with Crippen molar-refractivity contribution in [2.45, 2.75) is 44.3 Å². The summed E-state index contributed by atoms with van der Waals surface area (Å²) in [4.78, 5) is 37.3. The fourth-order valence-electron chi connectivity index (χ4n) is 6.23. The van der Waals surface area contributed by atoms with Gasteiger partial charge in [0.2, 0.25) is 0 Å². The number of hydrogen-bond acceptors (Lipinski definition) is 12. The number of thioether (sulfide) groups is 1. The number of rotatable bonds is 9. The number of benzene rings is 3. The molecule has 51 heavy (non-hydrogen) atoms. The highest BCUT2D eigenvalue weighted by atomic mass is 32.2. The first kappa shape index (κ1) is 34.0. The summed E-state index contributed by atoms with van der Waals surface area (Å²) in [5, 5.41) is 35.0. The highest BCUT2D eigenvalue weighted by Crippen LogP contribution is 2.42. The zero-order chi connectivity index (χ0) is 35.6. The number of anilines is 1. The maximum atomic E-state index is 13.0. The molecule has 14 heteroatoms. The molecule has 7 rings (SSSR count). The number of amides is 1. The molecular weight excluding hydrogens is 673 g/mol. The van der Waals surface area contributed by atoms with Gasteiger partial charge >= 0.3 is 0 Å². The lowest BCUT2D eigenvalue weighted by Gasteiger charge is -2.17. The molecular formula is C37H34N6O7S. The van der Waals surface area contributed by atoms with Crippen LogP contribution in [0.4, 0.5) is 5.82 Å². The third-order valence-corrected chi connectivity index (χ3v) is 9.69. The molecule has 1 amide bonds. The van der Waals surface area contributed by atoms with Crippen molar-refractivity contribution in [1.29, 1.82) is 0 Å². The van der Waals surface area contributed by atoms with E-state index in [1.807, 2.05) is 19.1 Å². The second-order valence-corrected chi connectivity index (χ2v) is 13.2. The first-order valence-corrected chi connectivity index (χ1v) is 17.4. The number of ether oxygens (including phenoxy) is 1. The topological polar surface area (TPSA) is 199 Å². The smallest absolute Gasteiger partial charge is 0.251 e. The largest absolute Gasteiger partial charge is 0.508 e. The number of unbranched alkanes of at least 4 members (excludes halogenated alkanes) is 1. The van der Waals surface area contributed by atoms with Crippen LogP contribution in [0, 0.1) is 18.8 Å². The van der Waals surface area contributed by atoms with Gasteiger partial charge in [0.1, 0.15) is 41.1 Å². The number of aromatic hydroxyl groups is 1. The van der Waals surface area contributed by atoms with E-state index >= 15 is 0 Å². The molecule has 0 spiro atoms. The molecule has 6 N–H and O–H groups in total. The van der Waals surface area contributed by atoms with Crippen molar-refractivity contribution in [2.75, 3.05) is 23.8 Å². The molecule has 4 aromatic rings. The van der Waals surface area contributed by atoms with Crippen LogP contribution in [0.15, 0.2) is 76.5 Å². The fraction of sp³-hybridized carbons (Fsp3) is 0.270. The van der Waals surface area contributed by atoms with E-state index in [2.05, 4.69) is 32.1 Å². The summed E-state index contributed by atoms with van der Waals surface area (Å²) in [6.07, 6.45) is 0.313. The van der Waals surface area contributed by atoms with Crippen LogP contribution in [0.2, 0.25) is 0 Å². The van der Waals surface area contributed by atoms with Crippen molar-refractivity contribution in [1.82, 2.24) is 24.8 Å². The molecule has 2 unspecified atom stereocenters. The number of aliphatic hydroxyl groups excluding tert-OH is 2. The predicted molar refractivity (Wildman–Crippen MR) is 193 cm³/mol. The average Bonchev–Trinajstić information content (AvgIpc) is 3.67. The number of phenolic OH excluding ortho intramolecular Hbond substituents is 1. The summed E-state index contributed by atoms with van der Waals surface area (Å²) in [5.74, 6) is 7.66. The van der Waals surface area contributed by atoms with Crippen molar-refractivity contribution in [3.8, 4) is 40.0 Å². The Morgan fingerprint density at radius 1 is 1.04 bits per heavy atom. The number of nitrogens with zero attached hydrogens (tertiary/aromatic N) is 4. The Balaban J connectivity index is 0.893. The van der Waals surface area contributed by atoms with E-state index in [4.69, 9.17) is 14.9 Å². The molecule has 2 aliphatic heterocycles. The van der Waals surface area contributed by atoms with Crippen LogP contribution in [0.3, 0.4) is 0 Å². The molecule has 1 saturated heterocycles. The van der Waals surface area contributed by atoms with E-state index in [0.29, 0.717) is 59.0 Å². The summed E-state index contributed by atoms with van der Waals surface area (Å²) < 4.78 is 13.5. The van der Waals surface area contributed by atoms with Gasteiger partial charge in [-0.05, 0) is 60.9 Å². The van der Waals surface area contributed by atoms with Gasteiger partial charge in [-0.25, -0.2) is 15.0 Å². The summed E-state index contributed by atoms with van der Waals surface area (Å²) in [6, 6.07) is 15.0. The number of aliphatic hydroxyl groups is 2. The number of aryl methyl sites for hydroxylation is 1. The molecule has 4 heterocycles. The number of aromatic nitrogens is 4. The Hall–Kier alpha value is -5.46. The maximum absolute atomic E-state index is 13.0. The number of carbonyl (C=O) groups excluding carboxylic acids is 1. The molecule has 2 aromatic heterocycles. The second kappa shape index (κ2) is 14.4. The number of hydrogen-bond donors (Lipinski definition) is 5. The van der Waals surface area contributed by atoms with Gasteiger partial charge < -0.3 is 35.5 Å². The van der Waals surface area contributed by atoms with Gasteiger partial charge in [-0.1, -0.05) is 12.0 Å². The zero-order valence-corrected chi connectivity index (χ0v) is 28.3. The van der Waals surface area contributed by atoms with Gasteiger partial charge in [0.15, 0.2) is 23.1 Å². The number of phenols is 1. The van der Waals surface area contributed by atoms with Gasteiger partial charge in [-0.2, -0.15) is 0 Å². The number of fused-ring (bicyclic) bond motifs is 3. The molecule has 2 aromatic carbocycles. The van der Waals surface area contributed by atoms with Crippen molar-refractivity contribution in [3.63, 3.8) is 0 Å². The monoisotopic (exact) mass is 706 g/mol. The third-order valence-electron chi connectivity index (χ3n) is 8.78. The molecule has 260 valence electrons. The summed E-state index contributed by atoms with van der Waals surface area (Å²) in [7, 11) is 0. The third kappa shape index (κ3) is 6.84. The van der Waals surface area contributed by atoms with Crippen molar-refractivity contribution in [2.24, 2.45) is 0 Å². The first-order chi connectivity index (χ1) is 24.7. The van der Waals surface area contributed by atoms with Crippen LogP contribution in [0.25, 0.3) is 44.6 Å². The Morgan fingerprint density at radius 2 is 1.88 bits per heavy atom. The molecule has 13 nitrogen and oxygen atoms in total. The number of imidazole rings is 1. The molecule has 0 saturated carbocycles. The van der Waals surface area contributed by atoms with Crippen LogP contribution in [0.5, 0.6) is 5.75 Å². The lowest BCUT2D eigenvalue weighted by atomic mass is 9.90. The van der Waals surface area contributed by atoms with Gasteiger partial charge in [0.05, 0.1) is 18.2 Å². The second-order valence-electron chi connectivity index (χ2n) is 12.2. The van der Waals surface area contributed by atoms with E-state index < -0.39 is 24.5 Å². The lowest BCUT2D eigenvalue weighted by Crippen LogP contribution is -2.32. The number of carbonyl (C=O) groups is 1. The van der Waals surface area contributed by atoms with Crippen LogP contribution < -0.4 is 16.5 Å². The van der Waals surface area contributed by atoms with Crippen molar-refractivity contribution in [3.05, 3.63) is 88.6 Å². The number of nitrogen functional groups attached to an aromatic ring is 1. The standard InChI is InChI=1S/C37H34N6O7S/c1-20-14-21(6-9-24(20)30-25-10-7-22(44)15-27(25)49-28-16-23(45)8-11-26(28)30)36(48)39-12-4-2-3-5-13-51-17-29-32(46)33(47)37(50-29)43-19-42-31-34(38)40-18-41-35(31)43/h6-11,14-16,18-19,29,32-33,37,44,46-47H,2,4,12-13,17H2,1H3,(H,39,48)(H2,38,40,41)/t29-,32?,33?,37-/m1/s1. The Morgan fingerprint density at radius 3 is 2.73 bits per heavy atom. The Kier molecular flexibility index (Phi) is 9.61. The zero-order valence-electron chi connectivity index (χ0n) is 27.4. The van der Waals surface area contributed by atoms with E-state index in [1.165, 1.54) is 42.6 Å². The predicted octanol–water partition coefficient (Wildman–Crippen LogP) is 3.87. The molecule has 3 aliphatic rings. The van der Waals surface area contributed by atoms with E-state index in [-0.39, 0.29) is 22.9 Å². The maximum Gasteiger partial charge on any atom is 0.251 e. The first-order valence-electron chi connectivity index (χ1n) is 16.3. The van der Waals surface area contributed by atoms with Crippen molar-refractivity contribution < 1.29 is 29.3 Å². The molecule has 0 radical (unpaired) electrons. The van der Waals surface area contributed by atoms with Gasteiger partial charge in [0, 0.05) is 52.9 Å². The quantitative estimate of drug-likeness (QED) is 0.0828. The minimum Gasteiger partial charge on any atom is -0.508 e. The number of nitrogens with two attached hydrogens (primary N) is 1. The molecule has 4 atom stereocenters. The van der Waals surface area contributed by atoms with Gasteiger partial charge in [-0.15, -0.1) is 17.7 Å². The van der Waals surface area contributed by atoms with Crippen LogP contribution in [0.1, 0.15) is 35.0 Å². The van der Waals surface area contributed by atoms with Crippen LogP contribution in [-0.2, 0) is 4.74 Å².